The summed E-state index contributed by atoms with van der Waals surface area (Å²) in [6.45, 7) is 0. The second-order valence-electron chi connectivity index (χ2n) is 3.83. The molecule has 2 aromatic rings. The number of nitrogens with one attached hydrogen (secondary N) is 1. The van der Waals surface area contributed by atoms with Crippen LogP contribution in [0.25, 0.3) is 0 Å². The molecule has 0 amide bonds. The van der Waals surface area contributed by atoms with Crippen LogP contribution in [0, 0.1) is 33.1 Å². The van der Waals surface area contributed by atoms with E-state index in [4.69, 9.17) is 5.26 Å². The van der Waals surface area contributed by atoms with Crippen molar-refractivity contribution in [1.29, 1.82) is 5.26 Å². The van der Waals surface area contributed by atoms with Crippen molar-refractivity contribution in [2.75, 3.05) is 5.32 Å². The number of nitro benzene ring substituents is 1. The average Bonchev–Trinajstić information content (AvgIpc) is 2.43. The van der Waals surface area contributed by atoms with Crippen LogP contribution in [0.5, 0.6) is 0 Å². The van der Waals surface area contributed by atoms with Gasteiger partial charge in [0.2, 0.25) is 0 Å². The van der Waals surface area contributed by atoms with E-state index in [1.807, 2.05) is 0 Å². The van der Waals surface area contributed by atoms with E-state index in [0.29, 0.717) is 0 Å². The summed E-state index contributed by atoms with van der Waals surface area (Å²) in [5, 5.41) is 22.1. The molecule has 0 saturated heterocycles. The molecule has 2 aromatic carbocycles. The van der Waals surface area contributed by atoms with Gasteiger partial charge < -0.3 is 5.32 Å². The van der Waals surface area contributed by atoms with Gasteiger partial charge in [-0.05, 0) is 24.3 Å². The zero-order chi connectivity index (χ0) is 14.7. The Morgan fingerprint density at radius 2 is 2.00 bits per heavy atom. The number of nitriles is 1. The summed E-state index contributed by atoms with van der Waals surface area (Å²) in [6.07, 6.45) is 0. The van der Waals surface area contributed by atoms with Gasteiger partial charge in [0.25, 0.3) is 5.69 Å². The zero-order valence-electron chi connectivity index (χ0n) is 9.93. The van der Waals surface area contributed by atoms with Gasteiger partial charge >= 0.3 is 0 Å². The highest BCUT2D eigenvalue weighted by atomic mass is 19.2. The predicted molar refractivity (Wildman–Crippen MR) is 67.5 cm³/mol. The van der Waals surface area contributed by atoms with E-state index in [-0.39, 0.29) is 22.6 Å². The first-order valence-corrected chi connectivity index (χ1v) is 5.42. The summed E-state index contributed by atoms with van der Waals surface area (Å²) in [5.41, 5.74) is -0.394. The van der Waals surface area contributed by atoms with Gasteiger partial charge in [0.05, 0.1) is 10.6 Å². The third-order valence-electron chi connectivity index (χ3n) is 2.54. The lowest BCUT2D eigenvalue weighted by molar-refractivity contribution is -0.385. The maximum atomic E-state index is 13.5. The minimum absolute atomic E-state index is 0.122. The van der Waals surface area contributed by atoms with E-state index in [9.17, 15) is 18.9 Å². The lowest BCUT2D eigenvalue weighted by atomic mass is 10.1. The minimum atomic E-state index is -1.07. The van der Waals surface area contributed by atoms with Gasteiger partial charge in [0, 0.05) is 11.8 Å². The molecular weight excluding hydrogens is 268 g/mol. The monoisotopic (exact) mass is 275 g/mol. The first-order chi connectivity index (χ1) is 9.52. The normalized spacial score (nSPS) is 9.85. The highest BCUT2D eigenvalue weighted by molar-refractivity contribution is 5.65. The van der Waals surface area contributed by atoms with Gasteiger partial charge in [-0.25, -0.2) is 8.78 Å². The Labute approximate surface area is 112 Å². The van der Waals surface area contributed by atoms with Crippen molar-refractivity contribution >= 4 is 17.1 Å². The summed E-state index contributed by atoms with van der Waals surface area (Å²) < 4.78 is 26.5. The van der Waals surface area contributed by atoms with Crippen LogP contribution in [0.1, 0.15) is 5.56 Å². The van der Waals surface area contributed by atoms with Gasteiger partial charge in [-0.2, -0.15) is 5.26 Å². The van der Waals surface area contributed by atoms with Gasteiger partial charge in [-0.3, -0.25) is 10.1 Å². The Hall–Kier alpha value is -3.01. The van der Waals surface area contributed by atoms with E-state index in [1.54, 1.807) is 6.07 Å². The predicted octanol–water partition coefficient (Wildman–Crippen LogP) is 3.49. The highest BCUT2D eigenvalue weighted by Gasteiger charge is 2.14. The third kappa shape index (κ3) is 2.54. The van der Waals surface area contributed by atoms with Crippen LogP contribution in [-0.2, 0) is 0 Å². The van der Waals surface area contributed by atoms with E-state index < -0.39 is 16.6 Å². The lowest BCUT2D eigenvalue weighted by Crippen LogP contribution is -1.98. The van der Waals surface area contributed by atoms with Crippen LogP contribution < -0.4 is 5.32 Å². The quantitative estimate of drug-likeness (QED) is 0.687. The number of nitrogens with zero attached hydrogens (tertiary/aromatic N) is 2. The molecule has 0 radical (unpaired) electrons. The molecule has 0 aliphatic rings. The van der Waals surface area contributed by atoms with Crippen molar-refractivity contribution in [2.45, 2.75) is 0 Å². The minimum Gasteiger partial charge on any atom is -0.353 e. The fourth-order valence-corrected chi connectivity index (χ4v) is 1.62. The van der Waals surface area contributed by atoms with Crippen molar-refractivity contribution < 1.29 is 13.7 Å². The van der Waals surface area contributed by atoms with E-state index >= 15 is 0 Å². The standard InChI is InChI=1S/C13H7F2N3O2/c14-10-2-1-3-11(13(10)15)17-9-4-5-12(18(19)20)8(6-9)7-16/h1-6,17H. The number of hydrogen-bond acceptors (Lipinski definition) is 4. The molecule has 0 aromatic heterocycles. The number of rotatable bonds is 3. The van der Waals surface area contributed by atoms with E-state index in [2.05, 4.69) is 5.32 Å². The molecule has 0 unspecified atom stereocenters. The topological polar surface area (TPSA) is 79.0 Å². The Balaban J connectivity index is 2.38. The van der Waals surface area contributed by atoms with Crippen molar-refractivity contribution in [1.82, 2.24) is 0 Å². The maximum absolute atomic E-state index is 13.5. The molecule has 0 bridgehead atoms. The first kappa shape index (κ1) is 13.4. The fraction of sp³-hybridized carbons (Fsp3) is 0. The maximum Gasteiger partial charge on any atom is 0.287 e. The second kappa shape index (κ2) is 5.32. The summed E-state index contributed by atoms with van der Waals surface area (Å²) in [4.78, 5) is 9.98. The van der Waals surface area contributed by atoms with Gasteiger partial charge in [-0.1, -0.05) is 6.07 Å². The van der Waals surface area contributed by atoms with Crippen LogP contribution in [0.15, 0.2) is 36.4 Å². The molecule has 0 aliphatic carbocycles. The molecule has 0 aliphatic heterocycles. The number of anilines is 2. The first-order valence-electron chi connectivity index (χ1n) is 5.42. The van der Waals surface area contributed by atoms with E-state index in [0.717, 1.165) is 12.1 Å². The molecule has 0 saturated carbocycles. The van der Waals surface area contributed by atoms with Crippen molar-refractivity contribution in [2.24, 2.45) is 0 Å². The van der Waals surface area contributed by atoms with Crippen molar-refractivity contribution in [3.05, 3.63) is 63.7 Å². The molecule has 100 valence electrons. The van der Waals surface area contributed by atoms with Gasteiger partial charge in [0.1, 0.15) is 11.6 Å². The lowest BCUT2D eigenvalue weighted by Gasteiger charge is -2.08. The SMILES string of the molecule is N#Cc1cc(Nc2cccc(F)c2F)ccc1[N+](=O)[O-]. The summed E-state index contributed by atoms with van der Waals surface area (Å²) >= 11 is 0. The van der Waals surface area contributed by atoms with Crippen LogP contribution in [0.3, 0.4) is 0 Å². The highest BCUT2D eigenvalue weighted by Crippen LogP contribution is 2.26. The Morgan fingerprint density at radius 3 is 2.65 bits per heavy atom. The van der Waals surface area contributed by atoms with Gasteiger partial charge in [-0.15, -0.1) is 0 Å². The smallest absolute Gasteiger partial charge is 0.287 e. The van der Waals surface area contributed by atoms with Crippen LogP contribution in [0.2, 0.25) is 0 Å². The second-order valence-corrected chi connectivity index (χ2v) is 3.83. The largest absolute Gasteiger partial charge is 0.353 e. The van der Waals surface area contributed by atoms with Gasteiger partial charge in [0.15, 0.2) is 11.6 Å². The number of nitro groups is 1. The Bertz CT molecular complexity index is 726. The number of hydrogen-bond donors (Lipinski definition) is 1. The molecular formula is C13H7F2N3O2. The summed E-state index contributed by atoms with van der Waals surface area (Å²) in [5.74, 6) is -2.08. The zero-order valence-corrected chi connectivity index (χ0v) is 9.93. The van der Waals surface area contributed by atoms with Crippen LogP contribution >= 0.6 is 0 Å². The molecule has 0 atom stereocenters. The molecule has 1 N–H and O–H groups in total. The molecule has 0 fully saturated rings. The van der Waals surface area contributed by atoms with Crippen LogP contribution in [-0.4, -0.2) is 4.92 Å². The fourth-order valence-electron chi connectivity index (χ4n) is 1.62. The molecule has 7 heteroatoms. The number of benzene rings is 2. The molecule has 5 nitrogen and oxygen atoms in total. The Kier molecular flexibility index (Phi) is 3.57. The average molecular weight is 275 g/mol. The molecule has 20 heavy (non-hydrogen) atoms. The number of halogens is 2. The third-order valence-corrected chi connectivity index (χ3v) is 2.54. The van der Waals surface area contributed by atoms with Crippen LogP contribution in [0.4, 0.5) is 25.8 Å². The molecule has 0 heterocycles. The molecule has 2 rings (SSSR count). The van der Waals surface area contributed by atoms with Crippen molar-refractivity contribution in [3.8, 4) is 6.07 Å². The summed E-state index contributed by atoms with van der Waals surface area (Å²) in [7, 11) is 0. The van der Waals surface area contributed by atoms with E-state index in [1.165, 1.54) is 24.3 Å². The van der Waals surface area contributed by atoms with Crippen molar-refractivity contribution in [3.63, 3.8) is 0 Å². The molecule has 0 spiro atoms. The Morgan fingerprint density at radius 1 is 1.25 bits per heavy atom. The summed E-state index contributed by atoms with van der Waals surface area (Å²) in [6, 6.07) is 8.91.